The van der Waals surface area contributed by atoms with Crippen LogP contribution in [0.1, 0.15) is 17.9 Å². The summed E-state index contributed by atoms with van der Waals surface area (Å²) in [6.45, 7) is 1.81. The first-order valence-electron chi connectivity index (χ1n) is 6.69. The lowest BCUT2D eigenvalue weighted by Gasteiger charge is -2.11. The Morgan fingerprint density at radius 2 is 1.91 bits per heavy atom. The Hall–Kier alpha value is -2.40. The SMILES string of the molecule is CCOC(=O)C(Cl)c1ccc(-c2ccccc2)cc1[N+](=O)[O-]. The second kappa shape index (κ2) is 7.04. The Morgan fingerprint density at radius 3 is 2.50 bits per heavy atom. The molecule has 0 saturated heterocycles. The molecule has 0 bridgehead atoms. The Bertz CT molecular complexity index is 688. The van der Waals surface area contributed by atoms with E-state index in [9.17, 15) is 14.9 Å². The number of carbonyl (C=O) groups excluding carboxylic acids is 1. The first-order chi connectivity index (χ1) is 10.5. The van der Waals surface area contributed by atoms with Gasteiger partial charge in [0.05, 0.1) is 17.1 Å². The third-order valence-electron chi connectivity index (χ3n) is 3.10. The topological polar surface area (TPSA) is 69.4 Å². The van der Waals surface area contributed by atoms with Gasteiger partial charge in [0, 0.05) is 6.07 Å². The standard InChI is InChI=1S/C16H14ClNO4/c1-2-22-16(19)15(17)13-9-8-12(10-14(13)18(20)21)11-6-4-3-5-7-11/h3-10,15H,2H2,1H3. The van der Waals surface area contributed by atoms with E-state index in [0.717, 1.165) is 5.56 Å². The van der Waals surface area contributed by atoms with Crippen LogP contribution < -0.4 is 0 Å². The molecule has 0 aromatic heterocycles. The molecular weight excluding hydrogens is 306 g/mol. The summed E-state index contributed by atoms with van der Waals surface area (Å²) in [6.07, 6.45) is 0. The number of benzene rings is 2. The first-order valence-corrected chi connectivity index (χ1v) is 7.12. The van der Waals surface area contributed by atoms with Crippen molar-refractivity contribution < 1.29 is 14.5 Å². The number of halogens is 1. The summed E-state index contributed by atoms with van der Waals surface area (Å²) in [5, 5.41) is 10.1. The molecule has 114 valence electrons. The number of nitro groups is 1. The van der Waals surface area contributed by atoms with Gasteiger partial charge in [0.15, 0.2) is 5.38 Å². The summed E-state index contributed by atoms with van der Waals surface area (Å²) in [7, 11) is 0. The second-order valence-electron chi connectivity index (χ2n) is 4.51. The number of alkyl halides is 1. The molecule has 0 radical (unpaired) electrons. The van der Waals surface area contributed by atoms with Crippen LogP contribution in [-0.2, 0) is 9.53 Å². The number of nitro benzene ring substituents is 1. The van der Waals surface area contributed by atoms with Gasteiger partial charge in [-0.2, -0.15) is 0 Å². The van der Waals surface area contributed by atoms with Crippen molar-refractivity contribution in [1.82, 2.24) is 0 Å². The van der Waals surface area contributed by atoms with E-state index in [0.29, 0.717) is 5.56 Å². The normalized spacial score (nSPS) is 11.7. The maximum Gasteiger partial charge on any atom is 0.328 e. The van der Waals surface area contributed by atoms with E-state index in [1.165, 1.54) is 12.1 Å². The summed E-state index contributed by atoms with van der Waals surface area (Å²) in [5.41, 5.74) is 1.46. The molecule has 0 saturated carbocycles. The van der Waals surface area contributed by atoms with Crippen molar-refractivity contribution in [2.45, 2.75) is 12.3 Å². The van der Waals surface area contributed by atoms with Gasteiger partial charge >= 0.3 is 5.97 Å². The molecule has 5 nitrogen and oxygen atoms in total. The van der Waals surface area contributed by atoms with E-state index in [2.05, 4.69) is 0 Å². The molecule has 6 heteroatoms. The minimum atomic E-state index is -1.20. The van der Waals surface area contributed by atoms with Gasteiger partial charge in [-0.15, -0.1) is 11.6 Å². The van der Waals surface area contributed by atoms with E-state index in [-0.39, 0.29) is 17.9 Å². The maximum atomic E-state index is 11.7. The second-order valence-corrected chi connectivity index (χ2v) is 4.95. The molecule has 0 aliphatic carbocycles. The zero-order valence-corrected chi connectivity index (χ0v) is 12.6. The van der Waals surface area contributed by atoms with Gasteiger partial charge in [-0.3, -0.25) is 14.9 Å². The van der Waals surface area contributed by atoms with Crippen molar-refractivity contribution in [3.05, 3.63) is 64.2 Å². The Kier molecular flexibility index (Phi) is 5.12. The van der Waals surface area contributed by atoms with Gasteiger partial charge in [0.1, 0.15) is 0 Å². The van der Waals surface area contributed by atoms with Gasteiger partial charge in [-0.25, -0.2) is 0 Å². The van der Waals surface area contributed by atoms with Crippen LogP contribution in [0.15, 0.2) is 48.5 Å². The van der Waals surface area contributed by atoms with Crippen molar-refractivity contribution in [3.8, 4) is 11.1 Å². The van der Waals surface area contributed by atoms with Gasteiger partial charge in [0.25, 0.3) is 5.69 Å². The number of esters is 1. The smallest absolute Gasteiger partial charge is 0.328 e. The predicted octanol–water partition coefficient (Wildman–Crippen LogP) is 4.10. The third-order valence-corrected chi connectivity index (χ3v) is 3.51. The summed E-state index contributed by atoms with van der Waals surface area (Å²) in [5.74, 6) is -0.695. The average Bonchev–Trinajstić information content (AvgIpc) is 2.54. The number of nitrogens with zero attached hydrogens (tertiary/aromatic N) is 1. The van der Waals surface area contributed by atoms with Gasteiger partial charge in [0.2, 0.25) is 0 Å². The molecule has 0 spiro atoms. The number of hydrogen-bond donors (Lipinski definition) is 0. The minimum absolute atomic E-state index is 0.129. The van der Waals surface area contributed by atoms with Crippen molar-refractivity contribution in [2.75, 3.05) is 6.61 Å². The zero-order valence-electron chi connectivity index (χ0n) is 11.9. The molecule has 2 aromatic rings. The number of carbonyl (C=O) groups is 1. The van der Waals surface area contributed by atoms with Crippen LogP contribution in [0, 0.1) is 10.1 Å². The predicted molar refractivity (Wildman–Crippen MR) is 83.8 cm³/mol. The van der Waals surface area contributed by atoms with Crippen LogP contribution in [0.2, 0.25) is 0 Å². The van der Waals surface area contributed by atoms with Crippen LogP contribution in [-0.4, -0.2) is 17.5 Å². The monoisotopic (exact) mass is 319 g/mol. The van der Waals surface area contributed by atoms with Crippen LogP contribution in [0.25, 0.3) is 11.1 Å². The maximum absolute atomic E-state index is 11.7. The molecule has 0 aliphatic rings. The molecule has 0 amide bonds. The van der Waals surface area contributed by atoms with Crippen LogP contribution >= 0.6 is 11.6 Å². The summed E-state index contributed by atoms with van der Waals surface area (Å²) in [6, 6.07) is 13.9. The van der Waals surface area contributed by atoms with E-state index in [4.69, 9.17) is 16.3 Å². The first kappa shape index (κ1) is 16.0. The van der Waals surface area contributed by atoms with Gasteiger partial charge < -0.3 is 4.74 Å². The molecule has 22 heavy (non-hydrogen) atoms. The molecule has 1 atom stereocenters. The fourth-order valence-corrected chi connectivity index (χ4v) is 2.32. The number of rotatable bonds is 5. The summed E-state index contributed by atoms with van der Waals surface area (Å²) >= 11 is 6.00. The van der Waals surface area contributed by atoms with E-state index < -0.39 is 16.3 Å². The van der Waals surface area contributed by atoms with E-state index >= 15 is 0 Å². The molecule has 0 fully saturated rings. The molecule has 0 heterocycles. The van der Waals surface area contributed by atoms with Crippen LogP contribution in [0.4, 0.5) is 5.69 Å². The largest absolute Gasteiger partial charge is 0.465 e. The molecular formula is C16H14ClNO4. The highest BCUT2D eigenvalue weighted by molar-refractivity contribution is 6.30. The molecule has 0 N–H and O–H groups in total. The Labute approximate surface area is 132 Å². The molecule has 0 aliphatic heterocycles. The lowest BCUT2D eigenvalue weighted by Crippen LogP contribution is -2.12. The highest BCUT2D eigenvalue weighted by Crippen LogP contribution is 2.34. The van der Waals surface area contributed by atoms with Crippen molar-refractivity contribution >= 4 is 23.3 Å². The fraction of sp³-hybridized carbons (Fsp3) is 0.188. The zero-order chi connectivity index (χ0) is 16.1. The minimum Gasteiger partial charge on any atom is -0.465 e. The fourth-order valence-electron chi connectivity index (χ4n) is 2.07. The summed E-state index contributed by atoms with van der Waals surface area (Å²) in [4.78, 5) is 22.4. The van der Waals surface area contributed by atoms with Crippen molar-refractivity contribution in [2.24, 2.45) is 0 Å². The number of hydrogen-bond acceptors (Lipinski definition) is 4. The van der Waals surface area contributed by atoms with Crippen LogP contribution in [0.3, 0.4) is 0 Å². The van der Waals surface area contributed by atoms with Crippen molar-refractivity contribution in [1.29, 1.82) is 0 Å². The lowest BCUT2D eigenvalue weighted by atomic mass is 10.0. The quantitative estimate of drug-likeness (QED) is 0.360. The Balaban J connectivity index is 2.44. The number of ether oxygens (including phenoxy) is 1. The van der Waals surface area contributed by atoms with E-state index in [1.54, 1.807) is 13.0 Å². The van der Waals surface area contributed by atoms with Gasteiger partial charge in [-0.1, -0.05) is 36.4 Å². The van der Waals surface area contributed by atoms with Crippen LogP contribution in [0.5, 0.6) is 0 Å². The third kappa shape index (κ3) is 3.43. The molecule has 2 aromatic carbocycles. The van der Waals surface area contributed by atoms with Crippen molar-refractivity contribution in [3.63, 3.8) is 0 Å². The molecule has 1 unspecified atom stereocenters. The van der Waals surface area contributed by atoms with E-state index in [1.807, 2.05) is 30.3 Å². The van der Waals surface area contributed by atoms with Gasteiger partial charge in [-0.05, 0) is 24.1 Å². The highest BCUT2D eigenvalue weighted by Gasteiger charge is 2.27. The molecule has 2 rings (SSSR count). The average molecular weight is 320 g/mol. The lowest BCUT2D eigenvalue weighted by molar-refractivity contribution is -0.385. The Morgan fingerprint density at radius 1 is 1.23 bits per heavy atom. The summed E-state index contributed by atoms with van der Waals surface area (Å²) < 4.78 is 4.81. The highest BCUT2D eigenvalue weighted by atomic mass is 35.5.